The van der Waals surface area contributed by atoms with Crippen molar-refractivity contribution in [2.75, 3.05) is 26.7 Å². The number of carbonyl (C=O) groups is 2. The van der Waals surface area contributed by atoms with Crippen LogP contribution in [0.1, 0.15) is 32.6 Å². The fourth-order valence-electron chi connectivity index (χ4n) is 2.36. The number of piperidine rings is 1. The SMILES string of the molecule is CCCN1CCCC[C@@H]1C(=O)N(C)CC(=O)O. The Morgan fingerprint density at radius 2 is 2.12 bits per heavy atom. The van der Waals surface area contributed by atoms with Crippen LogP contribution in [-0.4, -0.2) is 59.5 Å². The molecule has 1 rings (SSSR count). The van der Waals surface area contributed by atoms with Gasteiger partial charge in [-0.05, 0) is 32.4 Å². The van der Waals surface area contributed by atoms with Crippen LogP contribution in [-0.2, 0) is 9.59 Å². The number of amides is 1. The molecular formula is C12H22N2O3. The highest BCUT2D eigenvalue weighted by molar-refractivity contribution is 5.85. The third-order valence-corrected chi connectivity index (χ3v) is 3.16. The molecule has 0 aromatic carbocycles. The highest BCUT2D eigenvalue weighted by Crippen LogP contribution is 2.18. The largest absolute Gasteiger partial charge is 0.480 e. The predicted molar refractivity (Wildman–Crippen MR) is 64.8 cm³/mol. The van der Waals surface area contributed by atoms with Gasteiger partial charge in [0.25, 0.3) is 0 Å². The van der Waals surface area contributed by atoms with E-state index in [2.05, 4.69) is 11.8 Å². The van der Waals surface area contributed by atoms with E-state index in [-0.39, 0.29) is 18.5 Å². The van der Waals surface area contributed by atoms with Crippen LogP contribution in [0, 0.1) is 0 Å². The molecule has 0 saturated carbocycles. The second-order valence-electron chi connectivity index (χ2n) is 4.64. The van der Waals surface area contributed by atoms with Crippen LogP contribution in [0.25, 0.3) is 0 Å². The minimum absolute atomic E-state index is 0.0550. The van der Waals surface area contributed by atoms with Crippen LogP contribution in [0.4, 0.5) is 0 Å². The van der Waals surface area contributed by atoms with Gasteiger partial charge >= 0.3 is 5.97 Å². The maximum Gasteiger partial charge on any atom is 0.323 e. The topological polar surface area (TPSA) is 60.9 Å². The first kappa shape index (κ1) is 14.0. The van der Waals surface area contributed by atoms with E-state index in [0.717, 1.165) is 38.8 Å². The fourth-order valence-corrected chi connectivity index (χ4v) is 2.36. The average molecular weight is 242 g/mol. The third kappa shape index (κ3) is 4.00. The molecule has 0 aromatic rings. The van der Waals surface area contributed by atoms with E-state index in [4.69, 9.17) is 5.11 Å². The summed E-state index contributed by atoms with van der Waals surface area (Å²) in [5, 5.41) is 8.69. The first-order valence-electron chi connectivity index (χ1n) is 6.27. The molecule has 98 valence electrons. The zero-order valence-electron chi connectivity index (χ0n) is 10.7. The number of carboxylic acid groups (broad SMARTS) is 1. The predicted octanol–water partition coefficient (Wildman–Crippen LogP) is 0.794. The van der Waals surface area contributed by atoms with Gasteiger partial charge in [-0.2, -0.15) is 0 Å². The minimum atomic E-state index is -0.960. The highest BCUT2D eigenvalue weighted by atomic mass is 16.4. The minimum Gasteiger partial charge on any atom is -0.480 e. The summed E-state index contributed by atoms with van der Waals surface area (Å²) in [5.41, 5.74) is 0. The number of aliphatic carboxylic acids is 1. The number of nitrogens with zero attached hydrogens (tertiary/aromatic N) is 2. The second-order valence-corrected chi connectivity index (χ2v) is 4.64. The molecule has 0 unspecified atom stereocenters. The molecule has 0 aromatic heterocycles. The normalized spacial score (nSPS) is 21.2. The molecule has 1 amide bonds. The molecule has 0 radical (unpaired) electrons. The number of likely N-dealkylation sites (tertiary alicyclic amines) is 1. The fraction of sp³-hybridized carbons (Fsp3) is 0.833. The Labute approximate surface area is 102 Å². The molecular weight excluding hydrogens is 220 g/mol. The Kier molecular flexibility index (Phi) is 5.41. The molecule has 5 nitrogen and oxygen atoms in total. The van der Waals surface area contributed by atoms with Crippen molar-refractivity contribution in [3.05, 3.63) is 0 Å². The summed E-state index contributed by atoms with van der Waals surface area (Å²) in [6, 6.07) is -0.118. The number of hydrogen-bond donors (Lipinski definition) is 1. The third-order valence-electron chi connectivity index (χ3n) is 3.16. The Hall–Kier alpha value is -1.10. The van der Waals surface area contributed by atoms with Gasteiger partial charge in [0.2, 0.25) is 5.91 Å². The summed E-state index contributed by atoms with van der Waals surface area (Å²) in [6.45, 7) is 3.74. The molecule has 0 spiro atoms. The van der Waals surface area contributed by atoms with Crippen LogP contribution >= 0.6 is 0 Å². The molecule has 5 heteroatoms. The van der Waals surface area contributed by atoms with Gasteiger partial charge in [-0.1, -0.05) is 13.3 Å². The van der Waals surface area contributed by atoms with Gasteiger partial charge in [0.1, 0.15) is 6.54 Å². The number of rotatable bonds is 5. The summed E-state index contributed by atoms with van der Waals surface area (Å²) >= 11 is 0. The number of carbonyl (C=O) groups excluding carboxylic acids is 1. The van der Waals surface area contributed by atoms with Gasteiger partial charge in [-0.25, -0.2) is 0 Å². The number of likely N-dealkylation sites (N-methyl/N-ethyl adjacent to an activating group) is 1. The molecule has 17 heavy (non-hydrogen) atoms. The second kappa shape index (κ2) is 6.59. The van der Waals surface area contributed by atoms with Crippen molar-refractivity contribution in [3.63, 3.8) is 0 Å². The number of hydrogen-bond acceptors (Lipinski definition) is 3. The summed E-state index contributed by atoms with van der Waals surface area (Å²) in [4.78, 5) is 26.2. The Balaban J connectivity index is 2.60. The zero-order valence-corrected chi connectivity index (χ0v) is 10.7. The van der Waals surface area contributed by atoms with Crippen LogP contribution in [0.15, 0.2) is 0 Å². The Morgan fingerprint density at radius 3 is 2.71 bits per heavy atom. The van der Waals surface area contributed by atoms with Gasteiger partial charge < -0.3 is 10.0 Å². The van der Waals surface area contributed by atoms with Crippen molar-refractivity contribution in [2.45, 2.75) is 38.6 Å². The van der Waals surface area contributed by atoms with E-state index in [0.29, 0.717) is 0 Å². The lowest BCUT2D eigenvalue weighted by Gasteiger charge is -2.36. The summed E-state index contributed by atoms with van der Waals surface area (Å²) in [6.07, 6.45) is 4.05. The van der Waals surface area contributed by atoms with Gasteiger partial charge in [-0.3, -0.25) is 14.5 Å². The van der Waals surface area contributed by atoms with Gasteiger partial charge in [0.15, 0.2) is 0 Å². The molecule has 1 fully saturated rings. The number of carboxylic acids is 1. The van der Waals surface area contributed by atoms with Crippen LogP contribution < -0.4 is 0 Å². The van der Waals surface area contributed by atoms with Crippen LogP contribution in [0.3, 0.4) is 0 Å². The zero-order chi connectivity index (χ0) is 12.8. The molecule has 1 aliphatic rings. The van der Waals surface area contributed by atoms with Crippen molar-refractivity contribution in [3.8, 4) is 0 Å². The molecule has 1 saturated heterocycles. The lowest BCUT2D eigenvalue weighted by Crippen LogP contribution is -2.51. The maximum atomic E-state index is 12.1. The quantitative estimate of drug-likeness (QED) is 0.774. The first-order chi connectivity index (χ1) is 8.06. The Bertz CT molecular complexity index is 279. The standard InChI is InChI=1S/C12H22N2O3/c1-3-7-14-8-5-4-6-10(14)12(17)13(2)9-11(15)16/h10H,3-9H2,1-2H3,(H,15,16)/t10-/m1/s1. The first-order valence-corrected chi connectivity index (χ1v) is 6.27. The molecule has 0 bridgehead atoms. The monoisotopic (exact) mass is 242 g/mol. The van der Waals surface area contributed by atoms with Gasteiger partial charge in [0.05, 0.1) is 6.04 Å². The Morgan fingerprint density at radius 1 is 1.41 bits per heavy atom. The van der Waals surface area contributed by atoms with Gasteiger partial charge in [0, 0.05) is 7.05 Å². The van der Waals surface area contributed by atoms with E-state index in [1.54, 1.807) is 7.05 Å². The molecule has 1 aliphatic heterocycles. The molecule has 1 atom stereocenters. The van der Waals surface area contributed by atoms with Crippen molar-refractivity contribution < 1.29 is 14.7 Å². The van der Waals surface area contributed by atoms with E-state index in [1.165, 1.54) is 4.90 Å². The average Bonchev–Trinajstić information content (AvgIpc) is 2.28. The van der Waals surface area contributed by atoms with E-state index in [1.807, 2.05) is 0 Å². The molecule has 0 aliphatic carbocycles. The van der Waals surface area contributed by atoms with Crippen molar-refractivity contribution >= 4 is 11.9 Å². The van der Waals surface area contributed by atoms with E-state index < -0.39 is 5.97 Å². The summed E-state index contributed by atoms with van der Waals surface area (Å²) in [5.74, 6) is -1.01. The lowest BCUT2D eigenvalue weighted by molar-refractivity contribution is -0.146. The van der Waals surface area contributed by atoms with Gasteiger partial charge in [-0.15, -0.1) is 0 Å². The molecule has 1 N–H and O–H groups in total. The molecule has 1 heterocycles. The smallest absolute Gasteiger partial charge is 0.323 e. The van der Waals surface area contributed by atoms with E-state index in [9.17, 15) is 9.59 Å². The van der Waals surface area contributed by atoms with Crippen molar-refractivity contribution in [2.24, 2.45) is 0 Å². The lowest BCUT2D eigenvalue weighted by atomic mass is 10.0. The van der Waals surface area contributed by atoms with Crippen LogP contribution in [0.2, 0.25) is 0 Å². The summed E-state index contributed by atoms with van der Waals surface area (Å²) in [7, 11) is 1.56. The van der Waals surface area contributed by atoms with Crippen LogP contribution in [0.5, 0.6) is 0 Å². The summed E-state index contributed by atoms with van der Waals surface area (Å²) < 4.78 is 0. The maximum absolute atomic E-state index is 12.1. The van der Waals surface area contributed by atoms with E-state index >= 15 is 0 Å². The highest BCUT2D eigenvalue weighted by Gasteiger charge is 2.30. The van der Waals surface area contributed by atoms with Crippen molar-refractivity contribution in [1.82, 2.24) is 9.80 Å². The van der Waals surface area contributed by atoms with Crippen molar-refractivity contribution in [1.29, 1.82) is 0 Å².